The van der Waals surface area contributed by atoms with Gasteiger partial charge in [0.15, 0.2) is 0 Å². The van der Waals surface area contributed by atoms with Gasteiger partial charge in [-0.3, -0.25) is 4.79 Å². The highest BCUT2D eigenvalue weighted by atomic mass is 16.5. The number of aryl methyl sites for hydroxylation is 1. The molecule has 1 heterocycles. The third-order valence-corrected chi connectivity index (χ3v) is 2.95. The van der Waals surface area contributed by atoms with Crippen molar-refractivity contribution in [3.63, 3.8) is 0 Å². The fourth-order valence-electron chi connectivity index (χ4n) is 2.02. The molecule has 2 rings (SSSR count). The maximum absolute atomic E-state index is 12.0. The zero-order valence-electron chi connectivity index (χ0n) is 9.90. The minimum absolute atomic E-state index is 0.0991. The maximum atomic E-state index is 12.0. The largest absolute Gasteiger partial charge is 0.508 e. The molecule has 0 saturated carbocycles. The lowest BCUT2D eigenvalue weighted by Gasteiger charge is -2.23. The van der Waals surface area contributed by atoms with E-state index < -0.39 is 0 Å². The molecule has 4 nitrogen and oxygen atoms in total. The van der Waals surface area contributed by atoms with E-state index in [9.17, 15) is 9.90 Å². The minimum atomic E-state index is -0.0991. The molecule has 0 aliphatic carbocycles. The fraction of sp³-hybridized carbons (Fsp3) is 0.462. The van der Waals surface area contributed by atoms with E-state index in [0.29, 0.717) is 12.2 Å². The zero-order chi connectivity index (χ0) is 12.3. The number of hydrogen-bond donors (Lipinski definition) is 2. The Kier molecular flexibility index (Phi) is 3.64. The lowest BCUT2D eigenvalue weighted by molar-refractivity contribution is 0.0624. The molecule has 0 bridgehead atoms. The molecule has 17 heavy (non-hydrogen) atoms. The molecule has 1 amide bonds. The van der Waals surface area contributed by atoms with Crippen LogP contribution in [0, 0.1) is 6.92 Å². The van der Waals surface area contributed by atoms with E-state index in [1.807, 2.05) is 6.92 Å². The molecule has 0 spiro atoms. The van der Waals surface area contributed by atoms with Crippen molar-refractivity contribution in [2.24, 2.45) is 0 Å². The number of benzene rings is 1. The molecule has 0 aromatic heterocycles. The average molecular weight is 235 g/mol. The van der Waals surface area contributed by atoms with E-state index in [4.69, 9.17) is 4.74 Å². The van der Waals surface area contributed by atoms with Gasteiger partial charge < -0.3 is 15.2 Å². The number of hydrogen-bond acceptors (Lipinski definition) is 3. The summed E-state index contributed by atoms with van der Waals surface area (Å²) in [7, 11) is 0. The molecule has 1 aromatic rings. The molecule has 4 heteroatoms. The molecule has 1 atom stereocenters. The summed E-state index contributed by atoms with van der Waals surface area (Å²) in [6, 6.07) is 4.86. The van der Waals surface area contributed by atoms with Gasteiger partial charge in [0.2, 0.25) is 0 Å². The monoisotopic (exact) mass is 235 g/mol. The Balaban J connectivity index is 2.03. The lowest BCUT2D eigenvalue weighted by atomic mass is 10.1. The lowest BCUT2D eigenvalue weighted by Crippen LogP contribution is -2.40. The Morgan fingerprint density at radius 2 is 2.35 bits per heavy atom. The van der Waals surface area contributed by atoms with E-state index in [1.54, 1.807) is 12.1 Å². The summed E-state index contributed by atoms with van der Waals surface area (Å²) in [4.78, 5) is 12.0. The second kappa shape index (κ2) is 5.19. The van der Waals surface area contributed by atoms with Crippen molar-refractivity contribution >= 4 is 5.91 Å². The van der Waals surface area contributed by atoms with Crippen LogP contribution in [0.1, 0.15) is 28.8 Å². The Hall–Kier alpha value is -1.55. The number of carbonyl (C=O) groups is 1. The number of amides is 1. The van der Waals surface area contributed by atoms with Gasteiger partial charge in [-0.25, -0.2) is 0 Å². The van der Waals surface area contributed by atoms with E-state index in [2.05, 4.69) is 5.32 Å². The van der Waals surface area contributed by atoms with Gasteiger partial charge in [-0.1, -0.05) is 0 Å². The van der Waals surface area contributed by atoms with Crippen molar-refractivity contribution in [1.29, 1.82) is 0 Å². The molecule has 1 aliphatic rings. The Morgan fingerprint density at radius 1 is 1.53 bits per heavy atom. The third-order valence-electron chi connectivity index (χ3n) is 2.95. The van der Waals surface area contributed by atoms with Crippen molar-refractivity contribution < 1.29 is 14.6 Å². The number of carbonyl (C=O) groups excluding carboxylic acids is 1. The van der Waals surface area contributed by atoms with Crippen molar-refractivity contribution in [1.82, 2.24) is 5.32 Å². The van der Waals surface area contributed by atoms with E-state index >= 15 is 0 Å². The first kappa shape index (κ1) is 11.9. The molecule has 2 N–H and O–H groups in total. The normalized spacial score (nSPS) is 19.9. The average Bonchev–Trinajstić information content (AvgIpc) is 2.30. The van der Waals surface area contributed by atoms with Gasteiger partial charge in [-0.05, 0) is 43.5 Å². The second-order valence-electron chi connectivity index (χ2n) is 4.39. The SMILES string of the molecule is Cc1cc(O)ccc1C(=O)NC1CCCOC1. The van der Waals surface area contributed by atoms with Gasteiger partial charge in [0, 0.05) is 12.2 Å². The highest BCUT2D eigenvalue weighted by Gasteiger charge is 2.18. The van der Waals surface area contributed by atoms with Crippen LogP contribution in [0.15, 0.2) is 18.2 Å². The quantitative estimate of drug-likeness (QED) is 0.818. The molecule has 1 saturated heterocycles. The molecule has 1 fully saturated rings. The van der Waals surface area contributed by atoms with Crippen LogP contribution in [0.2, 0.25) is 0 Å². The number of aromatic hydroxyl groups is 1. The van der Waals surface area contributed by atoms with Crippen LogP contribution in [0.3, 0.4) is 0 Å². The van der Waals surface area contributed by atoms with Crippen LogP contribution in [-0.4, -0.2) is 30.3 Å². The predicted molar refractivity (Wildman–Crippen MR) is 64.2 cm³/mol. The van der Waals surface area contributed by atoms with Crippen LogP contribution in [0.5, 0.6) is 5.75 Å². The smallest absolute Gasteiger partial charge is 0.251 e. The number of rotatable bonds is 2. The molecule has 1 unspecified atom stereocenters. The molecular weight excluding hydrogens is 218 g/mol. The summed E-state index contributed by atoms with van der Waals surface area (Å²) in [5, 5.41) is 12.2. The third kappa shape index (κ3) is 2.97. The Labute approximate surface area is 101 Å². The molecule has 1 aromatic carbocycles. The summed E-state index contributed by atoms with van der Waals surface area (Å²) in [6.45, 7) is 3.18. The van der Waals surface area contributed by atoms with Crippen molar-refractivity contribution in [2.45, 2.75) is 25.8 Å². The van der Waals surface area contributed by atoms with Gasteiger partial charge in [-0.15, -0.1) is 0 Å². The molecule has 1 aliphatic heterocycles. The van der Waals surface area contributed by atoms with Crippen molar-refractivity contribution in [3.8, 4) is 5.75 Å². The summed E-state index contributed by atoms with van der Waals surface area (Å²) < 4.78 is 5.31. The summed E-state index contributed by atoms with van der Waals surface area (Å²) in [5.41, 5.74) is 1.38. The van der Waals surface area contributed by atoms with Crippen LogP contribution >= 0.6 is 0 Å². The highest BCUT2D eigenvalue weighted by Crippen LogP contribution is 2.16. The van der Waals surface area contributed by atoms with Crippen LogP contribution in [0.4, 0.5) is 0 Å². The zero-order valence-corrected chi connectivity index (χ0v) is 9.90. The van der Waals surface area contributed by atoms with Gasteiger partial charge >= 0.3 is 0 Å². The summed E-state index contributed by atoms with van der Waals surface area (Å²) in [5.74, 6) is 0.0815. The van der Waals surface area contributed by atoms with Crippen LogP contribution in [-0.2, 0) is 4.74 Å². The summed E-state index contributed by atoms with van der Waals surface area (Å²) in [6.07, 6.45) is 1.95. The molecule has 0 radical (unpaired) electrons. The predicted octanol–water partition coefficient (Wildman–Crippen LogP) is 1.61. The maximum Gasteiger partial charge on any atom is 0.251 e. The van der Waals surface area contributed by atoms with Gasteiger partial charge in [0.1, 0.15) is 5.75 Å². The minimum Gasteiger partial charge on any atom is -0.508 e. The van der Waals surface area contributed by atoms with E-state index in [1.165, 1.54) is 6.07 Å². The number of nitrogens with one attached hydrogen (secondary N) is 1. The van der Waals surface area contributed by atoms with Crippen LogP contribution in [0.25, 0.3) is 0 Å². The first-order valence-corrected chi connectivity index (χ1v) is 5.85. The van der Waals surface area contributed by atoms with Gasteiger partial charge in [0.25, 0.3) is 5.91 Å². The van der Waals surface area contributed by atoms with Crippen molar-refractivity contribution in [2.75, 3.05) is 13.2 Å². The first-order chi connectivity index (χ1) is 8.16. The first-order valence-electron chi connectivity index (χ1n) is 5.85. The van der Waals surface area contributed by atoms with E-state index in [-0.39, 0.29) is 17.7 Å². The number of ether oxygens (including phenoxy) is 1. The standard InChI is InChI=1S/C13H17NO3/c1-9-7-11(15)4-5-12(9)13(16)14-10-3-2-6-17-8-10/h4-5,7,10,15H,2-3,6,8H2,1H3,(H,14,16). The molecule has 92 valence electrons. The van der Waals surface area contributed by atoms with E-state index in [0.717, 1.165) is 25.0 Å². The van der Waals surface area contributed by atoms with Gasteiger partial charge in [0.05, 0.1) is 12.6 Å². The van der Waals surface area contributed by atoms with Crippen LogP contribution < -0.4 is 5.32 Å². The Morgan fingerprint density at radius 3 is 3.00 bits per heavy atom. The summed E-state index contributed by atoms with van der Waals surface area (Å²) >= 11 is 0. The molecular formula is C13H17NO3. The number of phenols is 1. The number of phenolic OH excluding ortho intramolecular Hbond substituents is 1. The Bertz CT molecular complexity index is 411. The topological polar surface area (TPSA) is 58.6 Å². The highest BCUT2D eigenvalue weighted by molar-refractivity contribution is 5.96. The second-order valence-corrected chi connectivity index (χ2v) is 4.39. The van der Waals surface area contributed by atoms with Crippen molar-refractivity contribution in [3.05, 3.63) is 29.3 Å². The van der Waals surface area contributed by atoms with Gasteiger partial charge in [-0.2, -0.15) is 0 Å². The fourth-order valence-corrected chi connectivity index (χ4v) is 2.02.